The molecule has 0 saturated carbocycles. The van der Waals surface area contributed by atoms with Gasteiger partial charge in [0.15, 0.2) is 11.5 Å². The number of nitrogens with two attached hydrogens (primary N) is 1. The van der Waals surface area contributed by atoms with Gasteiger partial charge in [-0.2, -0.15) is 0 Å². The lowest BCUT2D eigenvalue weighted by molar-refractivity contribution is -0.138. The van der Waals surface area contributed by atoms with E-state index in [2.05, 4.69) is 15.3 Å². The van der Waals surface area contributed by atoms with E-state index in [4.69, 9.17) is 10.8 Å². The second-order valence-corrected chi connectivity index (χ2v) is 3.87. The highest BCUT2D eigenvalue weighted by Gasteiger charge is 2.14. The number of carboxylic acid groups (broad SMARTS) is 1. The Morgan fingerprint density at radius 3 is 2.67 bits per heavy atom. The number of primary amides is 1. The molecule has 4 N–H and O–H groups in total. The lowest BCUT2D eigenvalue weighted by Gasteiger charge is -2.14. The Kier molecular flexibility index (Phi) is 5.04. The van der Waals surface area contributed by atoms with Crippen LogP contribution < -0.4 is 11.1 Å². The minimum atomic E-state index is -0.849. The second-order valence-electron chi connectivity index (χ2n) is 3.87. The molecule has 1 rings (SSSR count). The number of hydrogen-bond donors (Lipinski definition) is 3. The SMILES string of the molecule is CCC(CNc1nccnc1C(N)=O)CC(=O)O. The Labute approximate surface area is 104 Å². The number of amides is 1. The van der Waals surface area contributed by atoms with Crippen molar-refractivity contribution in [1.29, 1.82) is 0 Å². The molecular formula is C11H16N4O3. The predicted molar refractivity (Wildman–Crippen MR) is 65.1 cm³/mol. The van der Waals surface area contributed by atoms with Crippen LogP contribution in [0.25, 0.3) is 0 Å². The van der Waals surface area contributed by atoms with E-state index in [0.29, 0.717) is 13.0 Å². The van der Waals surface area contributed by atoms with Crippen LogP contribution in [0.3, 0.4) is 0 Å². The summed E-state index contributed by atoms with van der Waals surface area (Å²) in [6.07, 6.45) is 3.59. The summed E-state index contributed by atoms with van der Waals surface area (Å²) < 4.78 is 0. The van der Waals surface area contributed by atoms with E-state index in [-0.39, 0.29) is 23.9 Å². The fourth-order valence-corrected chi connectivity index (χ4v) is 1.50. The third kappa shape index (κ3) is 4.00. The van der Waals surface area contributed by atoms with Crippen LogP contribution in [0, 0.1) is 5.92 Å². The van der Waals surface area contributed by atoms with Crippen molar-refractivity contribution in [3.8, 4) is 0 Å². The highest BCUT2D eigenvalue weighted by atomic mass is 16.4. The number of aromatic nitrogens is 2. The molecule has 98 valence electrons. The predicted octanol–water partition coefficient (Wildman–Crippen LogP) is 0.488. The first-order chi connectivity index (χ1) is 8.54. The van der Waals surface area contributed by atoms with E-state index in [1.54, 1.807) is 0 Å². The Morgan fingerprint density at radius 1 is 1.44 bits per heavy atom. The summed E-state index contributed by atoms with van der Waals surface area (Å²) in [6.45, 7) is 2.31. The summed E-state index contributed by atoms with van der Waals surface area (Å²) in [5, 5.41) is 11.6. The molecule has 0 aliphatic heterocycles. The van der Waals surface area contributed by atoms with Gasteiger partial charge in [-0.15, -0.1) is 0 Å². The van der Waals surface area contributed by atoms with Crippen LogP contribution in [-0.4, -0.2) is 33.5 Å². The molecule has 0 saturated heterocycles. The van der Waals surface area contributed by atoms with Crippen LogP contribution in [-0.2, 0) is 4.79 Å². The maximum Gasteiger partial charge on any atom is 0.303 e. The molecule has 1 unspecified atom stereocenters. The summed E-state index contributed by atoms with van der Waals surface area (Å²) >= 11 is 0. The van der Waals surface area contributed by atoms with Crippen LogP contribution in [0.15, 0.2) is 12.4 Å². The molecule has 1 aromatic rings. The third-order valence-electron chi connectivity index (χ3n) is 2.53. The van der Waals surface area contributed by atoms with E-state index in [9.17, 15) is 9.59 Å². The fraction of sp³-hybridized carbons (Fsp3) is 0.455. The molecule has 1 aromatic heterocycles. The lowest BCUT2D eigenvalue weighted by Crippen LogP contribution is -2.21. The van der Waals surface area contributed by atoms with E-state index in [0.717, 1.165) is 0 Å². The Bertz CT molecular complexity index is 436. The van der Waals surface area contributed by atoms with Crippen molar-refractivity contribution in [1.82, 2.24) is 9.97 Å². The van der Waals surface area contributed by atoms with Gasteiger partial charge in [0.05, 0.1) is 0 Å². The molecule has 1 heterocycles. The molecule has 0 radical (unpaired) electrons. The number of nitrogens with one attached hydrogen (secondary N) is 1. The van der Waals surface area contributed by atoms with Gasteiger partial charge in [0.25, 0.3) is 5.91 Å². The van der Waals surface area contributed by atoms with Gasteiger partial charge in [0.1, 0.15) is 0 Å². The second kappa shape index (κ2) is 6.53. The number of carboxylic acids is 1. The van der Waals surface area contributed by atoms with Crippen LogP contribution in [0.2, 0.25) is 0 Å². The highest BCUT2D eigenvalue weighted by Crippen LogP contribution is 2.12. The van der Waals surface area contributed by atoms with Gasteiger partial charge >= 0.3 is 5.97 Å². The van der Waals surface area contributed by atoms with E-state index < -0.39 is 11.9 Å². The zero-order valence-electron chi connectivity index (χ0n) is 10.1. The molecular weight excluding hydrogens is 236 g/mol. The fourth-order valence-electron chi connectivity index (χ4n) is 1.50. The zero-order valence-corrected chi connectivity index (χ0v) is 10.1. The Morgan fingerprint density at radius 2 is 2.11 bits per heavy atom. The van der Waals surface area contributed by atoms with Crippen LogP contribution in [0.1, 0.15) is 30.3 Å². The van der Waals surface area contributed by atoms with Gasteiger partial charge in [0.2, 0.25) is 0 Å². The van der Waals surface area contributed by atoms with Gasteiger partial charge < -0.3 is 16.2 Å². The standard InChI is InChI=1S/C11H16N4O3/c1-2-7(5-8(16)17)6-15-11-9(10(12)18)13-3-4-14-11/h3-4,7H,2,5-6H2,1H3,(H2,12,18)(H,14,15)(H,16,17). The minimum Gasteiger partial charge on any atom is -0.481 e. The van der Waals surface area contributed by atoms with Gasteiger partial charge in [-0.1, -0.05) is 13.3 Å². The first-order valence-electron chi connectivity index (χ1n) is 5.61. The third-order valence-corrected chi connectivity index (χ3v) is 2.53. The minimum absolute atomic E-state index is 0.0368. The van der Waals surface area contributed by atoms with Crippen molar-refractivity contribution in [3.63, 3.8) is 0 Å². The number of anilines is 1. The smallest absolute Gasteiger partial charge is 0.303 e. The highest BCUT2D eigenvalue weighted by molar-refractivity contribution is 5.95. The molecule has 0 spiro atoms. The maximum absolute atomic E-state index is 11.1. The van der Waals surface area contributed by atoms with E-state index in [1.165, 1.54) is 12.4 Å². The van der Waals surface area contributed by atoms with Crippen LogP contribution in [0.4, 0.5) is 5.82 Å². The Balaban J connectivity index is 2.67. The molecule has 0 aliphatic rings. The Hall–Kier alpha value is -2.18. The molecule has 0 aliphatic carbocycles. The topological polar surface area (TPSA) is 118 Å². The summed E-state index contributed by atoms with van der Waals surface area (Å²) in [4.78, 5) is 29.5. The molecule has 0 aromatic carbocycles. The normalized spacial score (nSPS) is 11.8. The van der Waals surface area contributed by atoms with Crippen LogP contribution >= 0.6 is 0 Å². The number of aliphatic carboxylic acids is 1. The molecule has 7 heteroatoms. The first-order valence-corrected chi connectivity index (χ1v) is 5.61. The summed E-state index contributed by atoms with van der Waals surface area (Å²) in [5.41, 5.74) is 5.22. The zero-order chi connectivity index (χ0) is 13.5. The van der Waals surface area contributed by atoms with Gasteiger partial charge in [0, 0.05) is 25.4 Å². The van der Waals surface area contributed by atoms with Crippen molar-refractivity contribution in [3.05, 3.63) is 18.1 Å². The number of rotatable bonds is 7. The average molecular weight is 252 g/mol. The summed E-state index contributed by atoms with van der Waals surface area (Å²) in [7, 11) is 0. The van der Waals surface area contributed by atoms with E-state index in [1.807, 2.05) is 6.92 Å². The molecule has 18 heavy (non-hydrogen) atoms. The van der Waals surface area contributed by atoms with Crippen molar-refractivity contribution in [2.75, 3.05) is 11.9 Å². The van der Waals surface area contributed by atoms with Crippen molar-refractivity contribution in [2.45, 2.75) is 19.8 Å². The van der Waals surface area contributed by atoms with Crippen molar-refractivity contribution < 1.29 is 14.7 Å². The number of carbonyl (C=O) groups excluding carboxylic acids is 1. The quantitative estimate of drug-likeness (QED) is 0.649. The van der Waals surface area contributed by atoms with E-state index >= 15 is 0 Å². The molecule has 1 amide bonds. The number of nitrogens with zero attached hydrogens (tertiary/aromatic N) is 2. The van der Waals surface area contributed by atoms with Crippen LogP contribution in [0.5, 0.6) is 0 Å². The van der Waals surface area contributed by atoms with Crippen molar-refractivity contribution in [2.24, 2.45) is 11.7 Å². The van der Waals surface area contributed by atoms with Gasteiger partial charge in [-0.3, -0.25) is 9.59 Å². The number of hydrogen-bond acceptors (Lipinski definition) is 5. The average Bonchev–Trinajstić information content (AvgIpc) is 2.34. The molecule has 7 nitrogen and oxygen atoms in total. The molecule has 0 bridgehead atoms. The largest absolute Gasteiger partial charge is 0.481 e. The van der Waals surface area contributed by atoms with Gasteiger partial charge in [-0.25, -0.2) is 9.97 Å². The summed E-state index contributed by atoms with van der Waals surface area (Å²) in [6, 6.07) is 0. The molecule has 0 fully saturated rings. The summed E-state index contributed by atoms with van der Waals surface area (Å²) in [5.74, 6) is -1.27. The number of carbonyl (C=O) groups is 2. The maximum atomic E-state index is 11.1. The van der Waals surface area contributed by atoms with Gasteiger partial charge in [-0.05, 0) is 5.92 Å². The lowest BCUT2D eigenvalue weighted by atomic mass is 10.0. The van der Waals surface area contributed by atoms with Crippen molar-refractivity contribution >= 4 is 17.7 Å². The molecule has 1 atom stereocenters. The monoisotopic (exact) mass is 252 g/mol. The first kappa shape index (κ1) is 13.9.